The Hall–Kier alpha value is -0.810. The lowest BCUT2D eigenvalue weighted by Gasteiger charge is -2.34. The van der Waals surface area contributed by atoms with E-state index < -0.39 is 23.3 Å². The number of hydrogen-bond donors (Lipinski definition) is 2. The van der Waals surface area contributed by atoms with Crippen LogP contribution in [0.2, 0.25) is 0 Å². The lowest BCUT2D eigenvalue weighted by atomic mass is 10.00. The van der Waals surface area contributed by atoms with Crippen molar-refractivity contribution in [2.45, 2.75) is 51.4 Å². The SMILES string of the molecule is CC(C)(C)OC(=O)N1C[C@H](O)C[C@]1(C)CO. The highest BCUT2D eigenvalue weighted by Gasteiger charge is 2.45. The van der Waals surface area contributed by atoms with E-state index in [1.807, 2.05) is 0 Å². The number of carbonyl (C=O) groups is 1. The number of β-amino-alcohol motifs (C(OH)–C–C–N with tert-alkyl or cyclic N) is 1. The maximum absolute atomic E-state index is 11.9. The Balaban J connectivity index is 2.75. The first-order valence-corrected chi connectivity index (χ1v) is 5.47. The van der Waals surface area contributed by atoms with Crippen LogP contribution in [0.5, 0.6) is 0 Å². The van der Waals surface area contributed by atoms with Crippen LogP contribution in [-0.4, -0.2) is 51.6 Å². The summed E-state index contributed by atoms with van der Waals surface area (Å²) in [6.07, 6.45) is -0.701. The minimum atomic E-state index is -0.720. The van der Waals surface area contributed by atoms with E-state index in [1.165, 1.54) is 4.90 Å². The fraction of sp³-hybridized carbons (Fsp3) is 0.909. The third-order valence-electron chi connectivity index (χ3n) is 2.67. The third-order valence-corrected chi connectivity index (χ3v) is 2.67. The number of hydrogen-bond acceptors (Lipinski definition) is 4. The largest absolute Gasteiger partial charge is 0.444 e. The molecule has 2 N–H and O–H groups in total. The zero-order valence-electron chi connectivity index (χ0n) is 10.4. The number of nitrogens with zero attached hydrogens (tertiary/aromatic N) is 1. The average Bonchev–Trinajstić information content (AvgIpc) is 2.40. The van der Waals surface area contributed by atoms with E-state index in [0.717, 1.165) is 0 Å². The molecule has 0 spiro atoms. The molecule has 16 heavy (non-hydrogen) atoms. The Labute approximate surface area is 96.0 Å². The first-order chi connectivity index (χ1) is 7.18. The van der Waals surface area contributed by atoms with Crippen LogP contribution in [0.3, 0.4) is 0 Å². The second-order valence-corrected chi connectivity index (χ2v) is 5.60. The molecule has 0 aromatic heterocycles. The van der Waals surface area contributed by atoms with E-state index in [0.29, 0.717) is 6.42 Å². The molecule has 1 aliphatic heterocycles. The Kier molecular flexibility index (Phi) is 3.50. The number of aliphatic hydroxyl groups excluding tert-OH is 2. The Morgan fingerprint density at radius 2 is 2.12 bits per heavy atom. The average molecular weight is 231 g/mol. The molecule has 0 aromatic rings. The van der Waals surface area contributed by atoms with Crippen LogP contribution >= 0.6 is 0 Å². The van der Waals surface area contributed by atoms with E-state index in [4.69, 9.17) is 4.74 Å². The molecule has 1 aliphatic rings. The van der Waals surface area contributed by atoms with Gasteiger partial charge >= 0.3 is 6.09 Å². The van der Waals surface area contributed by atoms with Crippen LogP contribution in [0.15, 0.2) is 0 Å². The smallest absolute Gasteiger partial charge is 0.410 e. The van der Waals surface area contributed by atoms with Gasteiger partial charge in [-0.15, -0.1) is 0 Å². The van der Waals surface area contributed by atoms with Crippen LogP contribution in [0.1, 0.15) is 34.1 Å². The van der Waals surface area contributed by atoms with Gasteiger partial charge in [0.05, 0.1) is 24.8 Å². The number of aliphatic hydroxyl groups is 2. The standard InChI is InChI=1S/C11H21NO4/c1-10(2,3)16-9(15)12-6-8(14)5-11(12,4)7-13/h8,13-14H,5-7H2,1-4H3/t8-,11-/m1/s1. The van der Waals surface area contributed by atoms with Crippen molar-refractivity contribution in [1.82, 2.24) is 4.90 Å². The molecule has 1 heterocycles. The summed E-state index contributed by atoms with van der Waals surface area (Å²) in [6, 6.07) is 0. The molecule has 94 valence electrons. The lowest BCUT2D eigenvalue weighted by Crippen LogP contribution is -2.49. The monoisotopic (exact) mass is 231 g/mol. The summed E-state index contributed by atoms with van der Waals surface area (Å²) in [7, 11) is 0. The van der Waals surface area contributed by atoms with Gasteiger partial charge in [0, 0.05) is 6.42 Å². The molecule has 0 aromatic carbocycles. The third kappa shape index (κ3) is 2.86. The van der Waals surface area contributed by atoms with Gasteiger partial charge in [0.2, 0.25) is 0 Å². The highest BCUT2D eigenvalue weighted by atomic mass is 16.6. The Morgan fingerprint density at radius 1 is 1.56 bits per heavy atom. The summed E-state index contributed by atoms with van der Waals surface area (Å²) >= 11 is 0. The molecule has 1 saturated heterocycles. The van der Waals surface area contributed by atoms with Crippen LogP contribution in [-0.2, 0) is 4.74 Å². The summed E-state index contributed by atoms with van der Waals surface area (Å²) in [5.41, 5.74) is -1.29. The van der Waals surface area contributed by atoms with Crippen molar-refractivity contribution in [2.24, 2.45) is 0 Å². The summed E-state index contributed by atoms with van der Waals surface area (Å²) in [5, 5.41) is 18.9. The second kappa shape index (κ2) is 4.22. The molecule has 1 fully saturated rings. The van der Waals surface area contributed by atoms with Crippen molar-refractivity contribution in [3.63, 3.8) is 0 Å². The minimum Gasteiger partial charge on any atom is -0.444 e. The van der Waals surface area contributed by atoms with Gasteiger partial charge < -0.3 is 14.9 Å². The molecule has 1 amide bonds. The van der Waals surface area contributed by atoms with Crippen molar-refractivity contribution in [1.29, 1.82) is 0 Å². The summed E-state index contributed by atoms with van der Waals surface area (Å²) < 4.78 is 5.23. The highest BCUT2D eigenvalue weighted by Crippen LogP contribution is 2.30. The number of likely N-dealkylation sites (tertiary alicyclic amines) is 1. The number of rotatable bonds is 1. The van der Waals surface area contributed by atoms with Gasteiger partial charge in [0.25, 0.3) is 0 Å². The number of carbonyl (C=O) groups excluding carboxylic acids is 1. The topological polar surface area (TPSA) is 70.0 Å². The van der Waals surface area contributed by atoms with Gasteiger partial charge in [-0.2, -0.15) is 0 Å². The molecular formula is C11H21NO4. The van der Waals surface area contributed by atoms with Crippen LogP contribution < -0.4 is 0 Å². The molecule has 5 heteroatoms. The van der Waals surface area contributed by atoms with Gasteiger partial charge in [-0.25, -0.2) is 4.79 Å². The molecule has 2 atom stereocenters. The summed E-state index contributed by atoms with van der Waals surface area (Å²) in [6.45, 7) is 7.14. The zero-order chi connectivity index (χ0) is 12.6. The van der Waals surface area contributed by atoms with Crippen LogP contribution in [0.25, 0.3) is 0 Å². The minimum absolute atomic E-state index is 0.177. The first kappa shape index (κ1) is 13.3. The van der Waals surface area contributed by atoms with Crippen molar-refractivity contribution in [3.05, 3.63) is 0 Å². The van der Waals surface area contributed by atoms with E-state index in [1.54, 1.807) is 27.7 Å². The molecule has 0 radical (unpaired) electrons. The molecule has 0 bridgehead atoms. The molecular weight excluding hydrogens is 210 g/mol. The van der Waals surface area contributed by atoms with Crippen LogP contribution in [0, 0.1) is 0 Å². The molecule has 0 saturated carbocycles. The van der Waals surface area contributed by atoms with Crippen molar-refractivity contribution in [2.75, 3.05) is 13.2 Å². The quantitative estimate of drug-likeness (QED) is 0.698. The van der Waals surface area contributed by atoms with Crippen molar-refractivity contribution < 1.29 is 19.7 Å². The predicted molar refractivity (Wildman–Crippen MR) is 59.1 cm³/mol. The number of ether oxygens (including phenoxy) is 1. The molecule has 0 aliphatic carbocycles. The summed E-state index contributed by atoms with van der Waals surface area (Å²) in [4.78, 5) is 13.3. The normalized spacial score (nSPS) is 30.6. The maximum Gasteiger partial charge on any atom is 0.410 e. The fourth-order valence-electron chi connectivity index (χ4n) is 1.88. The molecule has 1 rings (SSSR count). The van der Waals surface area contributed by atoms with Gasteiger partial charge in [-0.3, -0.25) is 4.90 Å². The first-order valence-electron chi connectivity index (χ1n) is 5.47. The predicted octanol–water partition coefficient (Wildman–Crippen LogP) is 0.739. The van der Waals surface area contributed by atoms with Gasteiger partial charge in [0.1, 0.15) is 5.60 Å². The van der Waals surface area contributed by atoms with E-state index in [-0.39, 0.29) is 13.2 Å². The second-order valence-electron chi connectivity index (χ2n) is 5.60. The number of amides is 1. The fourth-order valence-corrected chi connectivity index (χ4v) is 1.88. The zero-order valence-corrected chi connectivity index (χ0v) is 10.4. The van der Waals surface area contributed by atoms with Crippen molar-refractivity contribution >= 4 is 6.09 Å². The highest BCUT2D eigenvalue weighted by molar-refractivity contribution is 5.69. The van der Waals surface area contributed by atoms with Crippen molar-refractivity contribution in [3.8, 4) is 0 Å². The maximum atomic E-state index is 11.9. The van der Waals surface area contributed by atoms with Gasteiger partial charge in [0.15, 0.2) is 0 Å². The Bertz CT molecular complexity index is 274. The van der Waals surface area contributed by atoms with Crippen LogP contribution in [0.4, 0.5) is 4.79 Å². The van der Waals surface area contributed by atoms with Gasteiger partial charge in [-0.1, -0.05) is 0 Å². The lowest BCUT2D eigenvalue weighted by molar-refractivity contribution is -0.000401. The Morgan fingerprint density at radius 3 is 2.56 bits per heavy atom. The molecule has 0 unspecified atom stereocenters. The van der Waals surface area contributed by atoms with Gasteiger partial charge in [-0.05, 0) is 27.7 Å². The van der Waals surface area contributed by atoms with E-state index in [9.17, 15) is 15.0 Å². The summed E-state index contributed by atoms with van der Waals surface area (Å²) in [5.74, 6) is 0. The van der Waals surface area contributed by atoms with E-state index in [2.05, 4.69) is 0 Å². The van der Waals surface area contributed by atoms with E-state index >= 15 is 0 Å². The molecule has 5 nitrogen and oxygen atoms in total.